The average molecular weight is 533 g/mol. The molecule has 4 aromatic carbocycles. The van der Waals surface area contributed by atoms with E-state index >= 15 is 0 Å². The largest absolute Gasteiger partial charge is 0.493 e. The predicted molar refractivity (Wildman–Crippen MR) is 164 cm³/mol. The maximum Gasteiger partial charge on any atom is 0.126 e. The van der Waals surface area contributed by atoms with Crippen LogP contribution in [-0.2, 0) is 4.90 Å². The second-order valence-corrected chi connectivity index (χ2v) is 13.6. The van der Waals surface area contributed by atoms with E-state index in [1.807, 2.05) is 0 Å². The van der Waals surface area contributed by atoms with Crippen LogP contribution in [0, 0.1) is 0 Å². The van der Waals surface area contributed by atoms with Crippen LogP contribution in [0.25, 0.3) is 0 Å². The Kier molecular flexibility index (Phi) is 9.95. The number of hydrogen-bond acceptors (Lipinski definition) is 2. The topological polar surface area (TPSA) is 18.5 Å². The molecule has 36 heavy (non-hydrogen) atoms. The molecule has 0 fully saturated rings. The van der Waals surface area contributed by atoms with Crippen LogP contribution in [0.3, 0.4) is 0 Å². The molecule has 0 saturated carbocycles. The molecule has 0 N–H and O–H groups in total. The zero-order valence-electron chi connectivity index (χ0n) is 21.3. The molecular weight excluding hydrogens is 497 g/mol. The summed E-state index contributed by atoms with van der Waals surface area (Å²) in [5.74, 6) is 2.00. The second-order valence-electron chi connectivity index (χ2n) is 8.44. The van der Waals surface area contributed by atoms with Crippen LogP contribution >= 0.6 is 25.7 Å². The zero-order chi connectivity index (χ0) is 25.2. The van der Waals surface area contributed by atoms with Crippen LogP contribution in [0.15, 0.2) is 103 Å². The fraction of sp³-hybridized carbons (Fsp3) is 0.226. The monoisotopic (exact) mass is 532 g/mol. The first-order valence-corrected chi connectivity index (χ1v) is 15.6. The van der Waals surface area contributed by atoms with Crippen molar-refractivity contribution in [2.24, 2.45) is 0 Å². The fourth-order valence-electron chi connectivity index (χ4n) is 4.27. The third kappa shape index (κ3) is 6.75. The van der Waals surface area contributed by atoms with Gasteiger partial charge in [0.25, 0.3) is 0 Å². The molecule has 3 unspecified atom stereocenters. The summed E-state index contributed by atoms with van der Waals surface area (Å²) in [6.07, 6.45) is 1.03. The van der Waals surface area contributed by atoms with Gasteiger partial charge < -0.3 is 9.47 Å². The first-order valence-electron chi connectivity index (χ1n) is 12.6. The molecule has 0 aliphatic rings. The second kappa shape index (κ2) is 13.4. The smallest absolute Gasteiger partial charge is 0.126 e. The highest BCUT2D eigenvalue weighted by Gasteiger charge is 2.33. The summed E-state index contributed by atoms with van der Waals surface area (Å²) in [5.41, 5.74) is 1.40. The summed E-state index contributed by atoms with van der Waals surface area (Å²) in [6, 6.07) is 37.2. The van der Waals surface area contributed by atoms with Crippen LogP contribution in [0.4, 0.5) is 0 Å². The van der Waals surface area contributed by atoms with Crippen molar-refractivity contribution in [3.63, 3.8) is 0 Å². The Morgan fingerprint density at radius 3 is 1.67 bits per heavy atom. The minimum atomic E-state index is -0.0441. The van der Waals surface area contributed by atoms with Crippen molar-refractivity contribution < 1.29 is 9.47 Å². The van der Waals surface area contributed by atoms with Gasteiger partial charge in [-0.3, -0.25) is 0 Å². The van der Waals surface area contributed by atoms with E-state index in [1.165, 1.54) is 26.8 Å². The highest BCUT2D eigenvalue weighted by molar-refractivity contribution is 7.66. The van der Waals surface area contributed by atoms with Gasteiger partial charge in [-0.2, -0.15) is 0 Å². The van der Waals surface area contributed by atoms with Crippen LogP contribution in [0.5, 0.6) is 11.5 Å². The Morgan fingerprint density at radius 1 is 0.583 bits per heavy atom. The SMILES string of the molecule is CCOc1ccccc1PC(CC)(Pc1ccccc1OCC)c1cccc(Pc2ccccc2)c1. The molecule has 0 saturated heterocycles. The summed E-state index contributed by atoms with van der Waals surface area (Å²) in [4.78, 5) is -0.0441. The molecule has 0 amide bonds. The average Bonchev–Trinajstić information content (AvgIpc) is 2.91. The third-order valence-electron chi connectivity index (χ3n) is 6.02. The van der Waals surface area contributed by atoms with Gasteiger partial charge in [0.1, 0.15) is 11.5 Å². The summed E-state index contributed by atoms with van der Waals surface area (Å²) in [5, 5.41) is 5.32. The van der Waals surface area contributed by atoms with Gasteiger partial charge in [0.05, 0.1) is 13.2 Å². The predicted octanol–water partition coefficient (Wildman–Crippen LogP) is 6.68. The van der Waals surface area contributed by atoms with Crippen molar-refractivity contribution in [1.82, 2.24) is 0 Å². The van der Waals surface area contributed by atoms with Crippen molar-refractivity contribution in [2.75, 3.05) is 13.2 Å². The summed E-state index contributed by atoms with van der Waals surface area (Å²) < 4.78 is 12.1. The molecule has 4 aromatic rings. The summed E-state index contributed by atoms with van der Waals surface area (Å²) >= 11 is 0. The van der Waals surface area contributed by atoms with Gasteiger partial charge in [-0.05, 0) is 54.6 Å². The highest BCUT2D eigenvalue weighted by atomic mass is 31.1. The molecule has 0 aliphatic carbocycles. The quantitative estimate of drug-likeness (QED) is 0.190. The molecule has 0 bridgehead atoms. The Hall–Kier alpha value is -2.23. The van der Waals surface area contributed by atoms with Crippen molar-refractivity contribution in [2.45, 2.75) is 32.1 Å². The standard InChI is InChI=1S/C31H35O2P3/c1-4-31(35-29-21-12-10-19-27(29)32-5-2,36-30-22-13-11-20-28(30)33-6-3)24-15-14-18-26(23-24)34-25-16-8-7-9-17-25/h7-23,34-36H,4-6H2,1-3H3. The number of para-hydroxylation sites is 2. The van der Waals surface area contributed by atoms with Gasteiger partial charge in [0.2, 0.25) is 0 Å². The summed E-state index contributed by atoms with van der Waals surface area (Å²) in [7, 11) is 1.79. The van der Waals surface area contributed by atoms with Crippen molar-refractivity contribution in [1.29, 1.82) is 0 Å². The lowest BCUT2D eigenvalue weighted by atomic mass is 10.1. The Morgan fingerprint density at radius 2 is 1.11 bits per heavy atom. The van der Waals surface area contributed by atoms with Crippen molar-refractivity contribution in [3.05, 3.63) is 109 Å². The maximum atomic E-state index is 6.07. The third-order valence-corrected chi connectivity index (χ3v) is 11.5. The molecule has 4 rings (SSSR count). The van der Waals surface area contributed by atoms with Gasteiger partial charge in [0, 0.05) is 15.5 Å². The van der Waals surface area contributed by atoms with Crippen molar-refractivity contribution in [3.8, 4) is 11.5 Å². The number of benzene rings is 4. The Labute approximate surface area is 221 Å². The first kappa shape index (κ1) is 26.8. The first-order chi connectivity index (χ1) is 17.7. The van der Waals surface area contributed by atoms with Crippen LogP contribution < -0.4 is 30.7 Å². The van der Waals surface area contributed by atoms with E-state index in [2.05, 4.69) is 124 Å². The van der Waals surface area contributed by atoms with Gasteiger partial charge in [0.15, 0.2) is 0 Å². The van der Waals surface area contributed by atoms with Gasteiger partial charge in [-0.1, -0.05) is 118 Å². The van der Waals surface area contributed by atoms with E-state index in [-0.39, 0.29) is 4.90 Å². The molecule has 0 aromatic heterocycles. The lowest BCUT2D eigenvalue weighted by molar-refractivity contribution is 0.343. The molecule has 5 heteroatoms. The lowest BCUT2D eigenvalue weighted by Gasteiger charge is -2.35. The molecule has 0 radical (unpaired) electrons. The highest BCUT2D eigenvalue weighted by Crippen LogP contribution is 2.57. The van der Waals surface area contributed by atoms with E-state index in [1.54, 1.807) is 0 Å². The fourth-order valence-corrected chi connectivity index (χ4v) is 9.22. The van der Waals surface area contributed by atoms with E-state index in [0.29, 0.717) is 39.0 Å². The minimum Gasteiger partial charge on any atom is -0.493 e. The number of ether oxygens (including phenoxy) is 2. The molecule has 3 atom stereocenters. The van der Waals surface area contributed by atoms with Crippen LogP contribution in [-0.4, -0.2) is 13.2 Å². The molecule has 0 spiro atoms. The van der Waals surface area contributed by atoms with E-state index in [0.717, 1.165) is 17.9 Å². The Bertz CT molecular complexity index is 1190. The minimum absolute atomic E-state index is 0.0441. The normalized spacial score (nSPS) is 13.6. The van der Waals surface area contributed by atoms with Crippen LogP contribution in [0.2, 0.25) is 0 Å². The van der Waals surface area contributed by atoms with E-state index in [9.17, 15) is 0 Å². The van der Waals surface area contributed by atoms with E-state index < -0.39 is 0 Å². The van der Waals surface area contributed by atoms with Gasteiger partial charge >= 0.3 is 0 Å². The van der Waals surface area contributed by atoms with E-state index in [4.69, 9.17) is 9.47 Å². The molecule has 186 valence electrons. The zero-order valence-corrected chi connectivity index (χ0v) is 24.3. The van der Waals surface area contributed by atoms with Gasteiger partial charge in [-0.25, -0.2) is 0 Å². The van der Waals surface area contributed by atoms with Gasteiger partial charge in [-0.15, -0.1) is 0 Å². The summed E-state index contributed by atoms with van der Waals surface area (Å²) in [6.45, 7) is 7.79. The van der Waals surface area contributed by atoms with Crippen LogP contribution in [0.1, 0.15) is 32.8 Å². The molecular formula is C31H35O2P3. The maximum absolute atomic E-state index is 6.07. The molecule has 0 heterocycles. The number of rotatable bonds is 12. The number of hydrogen-bond donors (Lipinski definition) is 0. The molecule has 0 aliphatic heterocycles. The molecule has 2 nitrogen and oxygen atoms in total. The lowest BCUT2D eigenvalue weighted by Crippen LogP contribution is -2.23. The van der Waals surface area contributed by atoms with Crippen molar-refractivity contribution >= 4 is 47.0 Å². The Balaban J connectivity index is 1.78.